The third-order valence-electron chi connectivity index (χ3n) is 4.66. The number of methoxy groups -OCH3 is 2. The third-order valence-corrected chi connectivity index (χ3v) is 6.05. The average Bonchev–Trinajstić information content (AvgIpc) is 3.12. The van der Waals surface area contributed by atoms with E-state index in [1.807, 2.05) is 31.2 Å². The van der Waals surface area contributed by atoms with Gasteiger partial charge in [0.1, 0.15) is 11.5 Å². The lowest BCUT2D eigenvalue weighted by Crippen LogP contribution is -2.24. The summed E-state index contributed by atoms with van der Waals surface area (Å²) in [6.45, 7) is 3.31. The zero-order valence-corrected chi connectivity index (χ0v) is 19.3. The number of hydrogen-bond donors (Lipinski definition) is 0. The van der Waals surface area contributed by atoms with Crippen molar-refractivity contribution in [1.29, 1.82) is 0 Å². The van der Waals surface area contributed by atoms with Crippen LogP contribution >= 0.6 is 27.3 Å². The van der Waals surface area contributed by atoms with Gasteiger partial charge in [-0.15, -0.1) is 0 Å². The van der Waals surface area contributed by atoms with E-state index in [-0.39, 0.29) is 0 Å². The van der Waals surface area contributed by atoms with E-state index in [4.69, 9.17) is 14.5 Å². The van der Waals surface area contributed by atoms with Gasteiger partial charge < -0.3 is 14.4 Å². The number of rotatable bonds is 7. The van der Waals surface area contributed by atoms with E-state index in [2.05, 4.69) is 55.1 Å². The third kappa shape index (κ3) is 4.55. The molecule has 0 bridgehead atoms. The van der Waals surface area contributed by atoms with Gasteiger partial charge in [-0.1, -0.05) is 35.6 Å². The number of thiazole rings is 1. The Balaban J connectivity index is 1.70. The van der Waals surface area contributed by atoms with Crippen molar-refractivity contribution >= 4 is 43.6 Å². The van der Waals surface area contributed by atoms with Crippen LogP contribution in [0.3, 0.4) is 0 Å². The second-order valence-corrected chi connectivity index (χ2v) is 8.68. The first-order chi connectivity index (χ1) is 14.6. The molecule has 0 fully saturated rings. The number of hydrogen-bond acceptors (Lipinski definition) is 7. The van der Waals surface area contributed by atoms with Crippen molar-refractivity contribution in [2.75, 3.05) is 19.1 Å². The monoisotopic (exact) mass is 484 g/mol. The molecule has 6 nitrogen and oxygen atoms in total. The van der Waals surface area contributed by atoms with Crippen molar-refractivity contribution in [2.45, 2.75) is 20.0 Å². The standard InChI is InChI=1S/C22H21BrN4O2S/c1-14-24-20-22(30-14)26-21(19(23)25-20)27(12-15-4-8-17(28-2)9-5-15)13-16-6-10-18(29-3)11-7-16/h4-11H,12-13H2,1-3H3. The van der Waals surface area contributed by atoms with Crippen LogP contribution in [0.25, 0.3) is 10.5 Å². The Labute approximate surface area is 187 Å². The van der Waals surface area contributed by atoms with Crippen molar-refractivity contribution in [3.8, 4) is 11.5 Å². The van der Waals surface area contributed by atoms with E-state index in [9.17, 15) is 0 Å². The summed E-state index contributed by atoms with van der Waals surface area (Å²) in [6.07, 6.45) is 0. The molecule has 2 aromatic carbocycles. The molecule has 4 rings (SSSR count). The quantitative estimate of drug-likeness (QED) is 0.350. The van der Waals surface area contributed by atoms with Gasteiger partial charge in [-0.05, 0) is 58.2 Å². The highest BCUT2D eigenvalue weighted by molar-refractivity contribution is 9.10. The van der Waals surface area contributed by atoms with Crippen LogP contribution in [0.2, 0.25) is 0 Å². The van der Waals surface area contributed by atoms with Crippen molar-refractivity contribution in [3.63, 3.8) is 0 Å². The van der Waals surface area contributed by atoms with Crippen molar-refractivity contribution in [2.24, 2.45) is 0 Å². The molecule has 0 radical (unpaired) electrons. The van der Waals surface area contributed by atoms with Crippen LogP contribution in [0.1, 0.15) is 16.1 Å². The fraction of sp³-hybridized carbons (Fsp3) is 0.227. The molecule has 30 heavy (non-hydrogen) atoms. The second kappa shape index (κ2) is 8.97. The summed E-state index contributed by atoms with van der Waals surface area (Å²) >= 11 is 5.16. The maximum absolute atomic E-state index is 5.29. The number of aromatic nitrogens is 3. The Morgan fingerprint density at radius 1 is 0.833 bits per heavy atom. The number of benzene rings is 2. The zero-order valence-electron chi connectivity index (χ0n) is 16.9. The molecule has 0 saturated heterocycles. The number of ether oxygens (including phenoxy) is 2. The SMILES string of the molecule is COc1ccc(CN(Cc2ccc(OC)cc2)c2nc3sc(C)nc3nc2Br)cc1. The molecule has 2 aromatic heterocycles. The molecule has 154 valence electrons. The summed E-state index contributed by atoms with van der Waals surface area (Å²) in [5.41, 5.74) is 2.97. The highest BCUT2D eigenvalue weighted by atomic mass is 79.9. The van der Waals surface area contributed by atoms with Gasteiger partial charge in [-0.2, -0.15) is 0 Å². The van der Waals surface area contributed by atoms with E-state index in [0.717, 1.165) is 38.3 Å². The minimum absolute atomic E-state index is 0.668. The van der Waals surface area contributed by atoms with Crippen LogP contribution < -0.4 is 14.4 Å². The number of nitrogens with zero attached hydrogens (tertiary/aromatic N) is 4. The summed E-state index contributed by atoms with van der Waals surface area (Å²) in [7, 11) is 3.34. The molecule has 2 heterocycles. The van der Waals surface area contributed by atoms with Gasteiger partial charge in [-0.25, -0.2) is 15.0 Å². The first-order valence-corrected chi connectivity index (χ1v) is 11.0. The van der Waals surface area contributed by atoms with Crippen LogP contribution in [-0.4, -0.2) is 29.2 Å². The van der Waals surface area contributed by atoms with Crippen LogP contribution in [0.4, 0.5) is 5.82 Å². The Bertz CT molecular complexity index is 1100. The molecule has 0 aliphatic rings. The van der Waals surface area contributed by atoms with E-state index < -0.39 is 0 Å². The van der Waals surface area contributed by atoms with Gasteiger partial charge in [0.15, 0.2) is 20.9 Å². The number of halogens is 1. The van der Waals surface area contributed by atoms with Crippen LogP contribution in [-0.2, 0) is 13.1 Å². The molecule has 0 amide bonds. The number of aryl methyl sites for hydroxylation is 1. The second-order valence-electron chi connectivity index (χ2n) is 6.75. The minimum atomic E-state index is 0.668. The van der Waals surface area contributed by atoms with Gasteiger partial charge in [0.2, 0.25) is 0 Å². The highest BCUT2D eigenvalue weighted by Gasteiger charge is 2.18. The molecule has 0 aliphatic carbocycles. The van der Waals surface area contributed by atoms with Crippen molar-refractivity contribution in [1.82, 2.24) is 15.0 Å². The van der Waals surface area contributed by atoms with E-state index in [1.54, 1.807) is 25.6 Å². The van der Waals surface area contributed by atoms with Crippen molar-refractivity contribution in [3.05, 3.63) is 69.3 Å². The maximum Gasteiger partial charge on any atom is 0.191 e. The van der Waals surface area contributed by atoms with E-state index in [0.29, 0.717) is 23.3 Å². The molecule has 0 spiro atoms. The fourth-order valence-corrected chi connectivity index (χ4v) is 4.38. The molecule has 4 aromatic rings. The lowest BCUT2D eigenvalue weighted by atomic mass is 10.1. The topological polar surface area (TPSA) is 60.4 Å². The Morgan fingerprint density at radius 2 is 1.37 bits per heavy atom. The van der Waals surface area contributed by atoms with Gasteiger partial charge in [-0.3, -0.25) is 0 Å². The summed E-state index contributed by atoms with van der Waals surface area (Å²) < 4.78 is 11.3. The Kier molecular flexibility index (Phi) is 6.15. The molecule has 0 saturated carbocycles. The molecule has 0 aliphatic heterocycles. The smallest absolute Gasteiger partial charge is 0.191 e. The average molecular weight is 485 g/mol. The minimum Gasteiger partial charge on any atom is -0.497 e. The first kappa shape index (κ1) is 20.6. The van der Waals surface area contributed by atoms with E-state index >= 15 is 0 Å². The van der Waals surface area contributed by atoms with Crippen LogP contribution in [0.15, 0.2) is 53.1 Å². The van der Waals surface area contributed by atoms with Gasteiger partial charge in [0.05, 0.1) is 19.2 Å². The predicted octanol–water partition coefficient (Wildman–Crippen LogP) is 5.38. The highest BCUT2D eigenvalue weighted by Crippen LogP contribution is 2.30. The summed E-state index contributed by atoms with van der Waals surface area (Å²) in [6, 6.07) is 16.1. The Hall–Kier alpha value is -2.71. The molecular formula is C22H21BrN4O2S. The van der Waals surface area contributed by atoms with Crippen LogP contribution in [0.5, 0.6) is 11.5 Å². The summed E-state index contributed by atoms with van der Waals surface area (Å²) in [4.78, 5) is 17.0. The molecule has 0 atom stereocenters. The normalized spacial score (nSPS) is 10.9. The molecule has 0 unspecified atom stereocenters. The number of fused-ring (bicyclic) bond motifs is 1. The van der Waals surface area contributed by atoms with Gasteiger partial charge >= 0.3 is 0 Å². The maximum atomic E-state index is 5.29. The molecular weight excluding hydrogens is 464 g/mol. The summed E-state index contributed by atoms with van der Waals surface area (Å²) in [5, 5.41) is 0.950. The first-order valence-electron chi connectivity index (χ1n) is 9.37. The largest absolute Gasteiger partial charge is 0.497 e. The number of anilines is 1. The lowest BCUT2D eigenvalue weighted by Gasteiger charge is -2.25. The zero-order chi connectivity index (χ0) is 21.1. The predicted molar refractivity (Wildman–Crippen MR) is 124 cm³/mol. The lowest BCUT2D eigenvalue weighted by molar-refractivity contribution is 0.414. The molecule has 0 N–H and O–H groups in total. The van der Waals surface area contributed by atoms with Crippen molar-refractivity contribution < 1.29 is 9.47 Å². The van der Waals surface area contributed by atoms with Gasteiger partial charge in [0, 0.05) is 13.1 Å². The van der Waals surface area contributed by atoms with E-state index in [1.165, 1.54) is 0 Å². The summed E-state index contributed by atoms with van der Waals surface area (Å²) in [5.74, 6) is 2.46. The fourth-order valence-electron chi connectivity index (χ4n) is 3.15. The Morgan fingerprint density at radius 3 is 1.87 bits per heavy atom. The molecule has 8 heteroatoms. The van der Waals surface area contributed by atoms with Gasteiger partial charge in [0.25, 0.3) is 0 Å². The van der Waals surface area contributed by atoms with Crippen LogP contribution in [0, 0.1) is 6.92 Å².